The van der Waals surface area contributed by atoms with E-state index in [-0.39, 0.29) is 5.82 Å². The van der Waals surface area contributed by atoms with Gasteiger partial charge in [-0.1, -0.05) is 21.1 Å². The largest absolute Gasteiger partial charge is 0.387 e. The molecular weight excluding hydrogens is 289 g/mol. The van der Waals surface area contributed by atoms with Crippen molar-refractivity contribution in [2.75, 3.05) is 0 Å². The van der Waals surface area contributed by atoms with Crippen molar-refractivity contribution in [3.8, 4) is 0 Å². The molecule has 90 valence electrons. The Bertz CT molecular complexity index is 527. The third-order valence-corrected chi connectivity index (χ3v) is 3.10. The number of benzene rings is 1. The number of aliphatic hydroxyl groups excluding tert-OH is 1. The highest BCUT2D eigenvalue weighted by Gasteiger charge is 2.08. The van der Waals surface area contributed by atoms with Crippen LogP contribution in [0.15, 0.2) is 28.9 Å². The molecule has 1 aromatic carbocycles. The highest BCUT2D eigenvalue weighted by Crippen LogP contribution is 2.19. The van der Waals surface area contributed by atoms with Gasteiger partial charge in [-0.05, 0) is 30.7 Å². The highest BCUT2D eigenvalue weighted by molar-refractivity contribution is 9.10. The topological polar surface area (TPSA) is 50.9 Å². The molecule has 0 aliphatic rings. The van der Waals surface area contributed by atoms with Crippen LogP contribution >= 0.6 is 15.9 Å². The summed E-state index contributed by atoms with van der Waals surface area (Å²) in [6.07, 6.45) is 0.988. The van der Waals surface area contributed by atoms with Crippen LogP contribution in [-0.4, -0.2) is 20.1 Å². The molecule has 1 unspecified atom stereocenters. The highest BCUT2D eigenvalue weighted by atomic mass is 79.9. The Morgan fingerprint density at radius 1 is 1.53 bits per heavy atom. The van der Waals surface area contributed by atoms with Crippen molar-refractivity contribution in [1.82, 2.24) is 15.0 Å². The maximum Gasteiger partial charge on any atom is 0.123 e. The van der Waals surface area contributed by atoms with Crippen molar-refractivity contribution in [1.29, 1.82) is 0 Å². The fourth-order valence-corrected chi connectivity index (χ4v) is 1.79. The van der Waals surface area contributed by atoms with Gasteiger partial charge in [0.15, 0.2) is 0 Å². The van der Waals surface area contributed by atoms with E-state index in [1.807, 2.05) is 0 Å². The zero-order valence-corrected chi connectivity index (χ0v) is 10.7. The van der Waals surface area contributed by atoms with Crippen LogP contribution in [0.5, 0.6) is 0 Å². The molecule has 0 radical (unpaired) electrons. The lowest BCUT2D eigenvalue weighted by Crippen LogP contribution is -2.01. The second kappa shape index (κ2) is 4.93. The summed E-state index contributed by atoms with van der Waals surface area (Å²) in [7, 11) is 0. The molecule has 0 aliphatic carbocycles. The second-order valence-electron chi connectivity index (χ2n) is 3.75. The fourth-order valence-electron chi connectivity index (χ4n) is 1.42. The summed E-state index contributed by atoms with van der Waals surface area (Å²) in [6, 6.07) is 4.47. The van der Waals surface area contributed by atoms with Gasteiger partial charge < -0.3 is 5.11 Å². The summed E-state index contributed by atoms with van der Waals surface area (Å²) >= 11 is 3.35. The lowest BCUT2D eigenvalue weighted by Gasteiger charge is -2.04. The molecule has 2 rings (SSSR count). The summed E-state index contributed by atoms with van der Waals surface area (Å²) in [4.78, 5) is 0. The summed E-state index contributed by atoms with van der Waals surface area (Å²) < 4.78 is 15.4. The minimum Gasteiger partial charge on any atom is -0.387 e. The van der Waals surface area contributed by atoms with Gasteiger partial charge in [-0.25, -0.2) is 9.07 Å². The van der Waals surface area contributed by atoms with Gasteiger partial charge in [0.1, 0.15) is 11.5 Å². The monoisotopic (exact) mass is 299 g/mol. The molecule has 0 spiro atoms. The van der Waals surface area contributed by atoms with Crippen LogP contribution in [0, 0.1) is 5.82 Å². The minimum atomic E-state index is -0.653. The van der Waals surface area contributed by atoms with Crippen molar-refractivity contribution in [2.45, 2.75) is 19.6 Å². The molecule has 4 nitrogen and oxygen atoms in total. The molecule has 0 aliphatic heterocycles. The summed E-state index contributed by atoms with van der Waals surface area (Å²) in [5.41, 5.74) is 1.27. The van der Waals surface area contributed by atoms with Gasteiger partial charge in [0, 0.05) is 4.47 Å². The molecule has 0 saturated heterocycles. The molecule has 2 aromatic rings. The van der Waals surface area contributed by atoms with Crippen molar-refractivity contribution in [3.05, 3.63) is 45.9 Å². The van der Waals surface area contributed by atoms with E-state index in [9.17, 15) is 9.50 Å². The number of hydrogen-bond donors (Lipinski definition) is 1. The van der Waals surface area contributed by atoms with E-state index in [1.165, 1.54) is 12.1 Å². The summed E-state index contributed by atoms with van der Waals surface area (Å²) in [5, 5.41) is 17.0. The second-order valence-corrected chi connectivity index (χ2v) is 4.61. The maximum atomic E-state index is 13.1. The van der Waals surface area contributed by atoms with Crippen LogP contribution in [-0.2, 0) is 6.54 Å². The van der Waals surface area contributed by atoms with Crippen LogP contribution in [0.25, 0.3) is 0 Å². The van der Waals surface area contributed by atoms with E-state index in [1.54, 1.807) is 23.9 Å². The van der Waals surface area contributed by atoms with E-state index in [4.69, 9.17) is 0 Å². The molecule has 1 heterocycles. The SMILES string of the molecule is CC(O)c1cn(Cc2cc(F)ccc2Br)nn1. The van der Waals surface area contributed by atoms with Crippen LogP contribution < -0.4 is 0 Å². The number of halogens is 2. The molecule has 0 saturated carbocycles. The average molecular weight is 300 g/mol. The Kier molecular flexibility index (Phi) is 3.54. The fraction of sp³-hybridized carbons (Fsp3) is 0.273. The van der Waals surface area contributed by atoms with Gasteiger partial charge in [0.25, 0.3) is 0 Å². The van der Waals surface area contributed by atoms with Crippen LogP contribution in [0.1, 0.15) is 24.3 Å². The van der Waals surface area contributed by atoms with Crippen molar-refractivity contribution < 1.29 is 9.50 Å². The van der Waals surface area contributed by atoms with Gasteiger partial charge >= 0.3 is 0 Å². The van der Waals surface area contributed by atoms with Crippen LogP contribution in [0.2, 0.25) is 0 Å². The number of aliphatic hydroxyl groups is 1. The Labute approximate surface area is 106 Å². The van der Waals surface area contributed by atoms with Crippen LogP contribution in [0.4, 0.5) is 4.39 Å². The van der Waals surface area contributed by atoms with Crippen molar-refractivity contribution >= 4 is 15.9 Å². The predicted octanol–water partition coefficient (Wildman–Crippen LogP) is 2.28. The zero-order chi connectivity index (χ0) is 12.4. The summed E-state index contributed by atoms with van der Waals surface area (Å²) in [6.45, 7) is 2.02. The third-order valence-electron chi connectivity index (χ3n) is 2.32. The lowest BCUT2D eigenvalue weighted by atomic mass is 10.2. The Morgan fingerprint density at radius 2 is 2.29 bits per heavy atom. The average Bonchev–Trinajstić information content (AvgIpc) is 2.72. The Morgan fingerprint density at radius 3 is 2.94 bits per heavy atom. The summed E-state index contributed by atoms with van der Waals surface area (Å²) in [5.74, 6) is -0.293. The van der Waals surface area contributed by atoms with Crippen molar-refractivity contribution in [2.24, 2.45) is 0 Å². The molecular formula is C11H11BrFN3O. The molecule has 6 heteroatoms. The zero-order valence-electron chi connectivity index (χ0n) is 9.14. The van der Waals surface area contributed by atoms with E-state index in [0.717, 1.165) is 10.0 Å². The normalized spacial score (nSPS) is 12.7. The van der Waals surface area contributed by atoms with Crippen LogP contribution in [0.3, 0.4) is 0 Å². The number of nitrogens with zero attached hydrogens (tertiary/aromatic N) is 3. The lowest BCUT2D eigenvalue weighted by molar-refractivity contribution is 0.194. The molecule has 1 aromatic heterocycles. The molecule has 1 N–H and O–H groups in total. The molecule has 17 heavy (non-hydrogen) atoms. The van der Waals surface area contributed by atoms with Gasteiger partial charge in [-0.3, -0.25) is 0 Å². The third kappa shape index (κ3) is 2.89. The standard InChI is InChI=1S/C11H11BrFN3O/c1-7(17)11-6-16(15-14-11)5-8-4-9(13)2-3-10(8)12/h2-4,6-7,17H,5H2,1H3. The molecule has 0 fully saturated rings. The Hall–Kier alpha value is -1.27. The first-order chi connectivity index (χ1) is 8.06. The van der Waals surface area contributed by atoms with E-state index >= 15 is 0 Å². The minimum absolute atomic E-state index is 0.293. The van der Waals surface area contributed by atoms with Gasteiger partial charge in [-0.2, -0.15) is 0 Å². The van der Waals surface area contributed by atoms with E-state index < -0.39 is 6.10 Å². The first-order valence-electron chi connectivity index (χ1n) is 5.08. The first-order valence-corrected chi connectivity index (χ1v) is 5.87. The maximum absolute atomic E-state index is 13.1. The number of rotatable bonds is 3. The molecule has 0 amide bonds. The van der Waals surface area contributed by atoms with Crippen molar-refractivity contribution in [3.63, 3.8) is 0 Å². The first kappa shape index (κ1) is 12.2. The predicted molar refractivity (Wildman–Crippen MR) is 63.9 cm³/mol. The van der Waals surface area contributed by atoms with E-state index in [0.29, 0.717) is 12.2 Å². The quantitative estimate of drug-likeness (QED) is 0.946. The van der Waals surface area contributed by atoms with E-state index in [2.05, 4.69) is 26.2 Å². The van der Waals surface area contributed by atoms with Gasteiger partial charge in [-0.15, -0.1) is 5.10 Å². The number of aromatic nitrogens is 3. The van der Waals surface area contributed by atoms with Gasteiger partial charge in [0.05, 0.1) is 18.8 Å². The Balaban J connectivity index is 2.22. The molecule has 0 bridgehead atoms. The number of hydrogen-bond acceptors (Lipinski definition) is 3. The molecule has 1 atom stereocenters. The smallest absolute Gasteiger partial charge is 0.123 e. The van der Waals surface area contributed by atoms with Gasteiger partial charge in [0.2, 0.25) is 0 Å².